The number of carbonyl (C=O) groups excluding carboxylic acids is 1. The Morgan fingerprint density at radius 2 is 2.20 bits per heavy atom. The summed E-state index contributed by atoms with van der Waals surface area (Å²) in [7, 11) is 0. The summed E-state index contributed by atoms with van der Waals surface area (Å²) in [5, 5.41) is 0. The van der Waals surface area contributed by atoms with Gasteiger partial charge < -0.3 is 14.2 Å². The average molecular weight is 144 g/mol. The fourth-order valence-electron chi connectivity index (χ4n) is 0.616. The fraction of sp³-hybridized carbons (Fsp3) is 0.833. The Morgan fingerprint density at radius 1 is 1.50 bits per heavy atom. The van der Waals surface area contributed by atoms with E-state index in [0.29, 0.717) is 13.2 Å². The van der Waals surface area contributed by atoms with Crippen LogP contribution in [-0.4, -0.2) is 38.0 Å². The summed E-state index contributed by atoms with van der Waals surface area (Å²) in [6.07, 6.45) is -0.124. The highest BCUT2D eigenvalue weighted by Gasteiger charge is 2.34. The molecule has 2 saturated heterocycles. The van der Waals surface area contributed by atoms with Crippen molar-refractivity contribution in [2.75, 3.05) is 19.8 Å². The second-order valence-electron chi connectivity index (χ2n) is 2.41. The first-order valence-electron chi connectivity index (χ1n) is 3.26. The molecule has 0 bridgehead atoms. The molecule has 0 aromatic heterocycles. The van der Waals surface area contributed by atoms with Crippen molar-refractivity contribution < 1.29 is 19.0 Å². The maximum Gasteiger partial charge on any atom is 0.337 e. The lowest BCUT2D eigenvalue weighted by Gasteiger charge is -1.97. The number of ether oxygens (including phenoxy) is 3. The first-order valence-corrected chi connectivity index (χ1v) is 3.26. The van der Waals surface area contributed by atoms with E-state index in [0.717, 1.165) is 6.61 Å². The van der Waals surface area contributed by atoms with Crippen LogP contribution in [0.15, 0.2) is 0 Å². The number of hydrogen-bond acceptors (Lipinski definition) is 4. The van der Waals surface area contributed by atoms with Gasteiger partial charge >= 0.3 is 5.97 Å². The van der Waals surface area contributed by atoms with Crippen LogP contribution in [0.2, 0.25) is 0 Å². The molecule has 2 unspecified atom stereocenters. The van der Waals surface area contributed by atoms with E-state index < -0.39 is 0 Å². The highest BCUT2D eigenvalue weighted by atomic mass is 16.6. The van der Waals surface area contributed by atoms with Gasteiger partial charge in [-0.15, -0.1) is 0 Å². The monoisotopic (exact) mass is 144 g/mol. The highest BCUT2D eigenvalue weighted by molar-refractivity contribution is 5.76. The largest absolute Gasteiger partial charge is 0.461 e. The second-order valence-corrected chi connectivity index (χ2v) is 2.41. The van der Waals surface area contributed by atoms with Crippen LogP contribution >= 0.6 is 0 Å². The molecule has 10 heavy (non-hydrogen) atoms. The first kappa shape index (κ1) is 6.12. The first-order chi connectivity index (χ1) is 4.86. The minimum absolute atomic E-state index is 0.155. The van der Waals surface area contributed by atoms with Gasteiger partial charge in [-0.2, -0.15) is 0 Å². The Bertz CT molecular complexity index is 148. The third kappa shape index (κ3) is 1.46. The Balaban J connectivity index is 1.63. The number of rotatable bonds is 3. The van der Waals surface area contributed by atoms with Crippen molar-refractivity contribution >= 4 is 5.97 Å². The van der Waals surface area contributed by atoms with Gasteiger partial charge in [0.05, 0.1) is 13.2 Å². The van der Waals surface area contributed by atoms with Crippen LogP contribution in [0.1, 0.15) is 0 Å². The Morgan fingerprint density at radius 3 is 2.70 bits per heavy atom. The summed E-state index contributed by atoms with van der Waals surface area (Å²) in [6, 6.07) is 0. The SMILES string of the molecule is O=C(OCC1CO1)C1CO1. The molecule has 0 aromatic rings. The predicted octanol–water partition coefficient (Wildman–Crippen LogP) is -0.673. The summed E-state index contributed by atoms with van der Waals surface area (Å²) < 4.78 is 14.3. The molecule has 2 heterocycles. The van der Waals surface area contributed by atoms with Crippen LogP contribution in [0.3, 0.4) is 0 Å². The van der Waals surface area contributed by atoms with E-state index in [-0.39, 0.29) is 18.2 Å². The second kappa shape index (κ2) is 2.21. The molecular weight excluding hydrogens is 136 g/mol. The summed E-state index contributed by atoms with van der Waals surface area (Å²) in [6.45, 7) is 1.63. The third-order valence-electron chi connectivity index (χ3n) is 1.41. The van der Waals surface area contributed by atoms with Gasteiger partial charge in [-0.3, -0.25) is 0 Å². The molecule has 56 valence electrons. The van der Waals surface area contributed by atoms with E-state index >= 15 is 0 Å². The minimum Gasteiger partial charge on any atom is -0.461 e. The summed E-state index contributed by atoms with van der Waals surface area (Å²) in [5.74, 6) is -0.254. The lowest BCUT2D eigenvalue weighted by molar-refractivity contribution is -0.145. The van der Waals surface area contributed by atoms with E-state index in [2.05, 4.69) is 0 Å². The van der Waals surface area contributed by atoms with Crippen LogP contribution in [0.5, 0.6) is 0 Å². The van der Waals surface area contributed by atoms with E-state index in [1.54, 1.807) is 0 Å². The van der Waals surface area contributed by atoms with Crippen molar-refractivity contribution in [1.29, 1.82) is 0 Å². The molecule has 0 amide bonds. The molecule has 2 rings (SSSR count). The maximum absolute atomic E-state index is 10.7. The molecule has 0 radical (unpaired) electrons. The van der Waals surface area contributed by atoms with E-state index in [9.17, 15) is 4.79 Å². The normalized spacial score (nSPS) is 35.2. The van der Waals surface area contributed by atoms with Gasteiger partial charge in [-0.1, -0.05) is 0 Å². The zero-order chi connectivity index (χ0) is 6.97. The van der Waals surface area contributed by atoms with Crippen LogP contribution in [0.25, 0.3) is 0 Å². The maximum atomic E-state index is 10.7. The van der Waals surface area contributed by atoms with Gasteiger partial charge in [0, 0.05) is 0 Å². The van der Waals surface area contributed by atoms with Crippen LogP contribution in [0, 0.1) is 0 Å². The van der Waals surface area contributed by atoms with Gasteiger partial charge in [0.15, 0.2) is 6.10 Å². The van der Waals surface area contributed by atoms with Crippen molar-refractivity contribution in [3.05, 3.63) is 0 Å². The van der Waals surface area contributed by atoms with E-state index in [1.807, 2.05) is 0 Å². The molecular formula is C6H8O4. The van der Waals surface area contributed by atoms with Crippen molar-refractivity contribution in [1.82, 2.24) is 0 Å². The van der Waals surface area contributed by atoms with Crippen LogP contribution < -0.4 is 0 Å². The van der Waals surface area contributed by atoms with Gasteiger partial charge in [0.25, 0.3) is 0 Å². The Kier molecular flexibility index (Phi) is 1.35. The summed E-state index contributed by atoms with van der Waals surface area (Å²) in [5.41, 5.74) is 0. The Hall–Kier alpha value is -0.610. The number of carbonyl (C=O) groups is 1. The lowest BCUT2D eigenvalue weighted by atomic mass is 10.5. The molecule has 0 aromatic carbocycles. The molecule has 0 aliphatic carbocycles. The highest BCUT2D eigenvalue weighted by Crippen LogP contribution is 2.13. The quantitative estimate of drug-likeness (QED) is 0.389. The summed E-state index contributed by atoms with van der Waals surface area (Å²) in [4.78, 5) is 10.7. The molecule has 0 N–H and O–H groups in total. The molecule has 4 heteroatoms. The predicted molar refractivity (Wildman–Crippen MR) is 30.4 cm³/mol. The van der Waals surface area contributed by atoms with Gasteiger partial charge in [-0.05, 0) is 0 Å². The van der Waals surface area contributed by atoms with Crippen molar-refractivity contribution in [3.8, 4) is 0 Å². The zero-order valence-electron chi connectivity index (χ0n) is 5.41. The Labute approximate surface area is 58.1 Å². The average Bonchev–Trinajstić information content (AvgIpc) is 2.76. The molecule has 4 nitrogen and oxygen atoms in total. The van der Waals surface area contributed by atoms with Crippen molar-refractivity contribution in [3.63, 3.8) is 0 Å². The van der Waals surface area contributed by atoms with Crippen molar-refractivity contribution in [2.45, 2.75) is 12.2 Å². The molecule has 2 atom stereocenters. The zero-order valence-corrected chi connectivity index (χ0v) is 5.41. The molecule has 0 spiro atoms. The molecule has 0 saturated carbocycles. The molecule has 2 aliphatic heterocycles. The number of epoxide rings is 2. The number of esters is 1. The molecule has 2 aliphatic rings. The molecule has 2 fully saturated rings. The van der Waals surface area contributed by atoms with E-state index in [1.165, 1.54) is 0 Å². The summed E-state index contributed by atoms with van der Waals surface area (Å²) >= 11 is 0. The van der Waals surface area contributed by atoms with Gasteiger partial charge in [-0.25, -0.2) is 4.79 Å². The third-order valence-corrected chi connectivity index (χ3v) is 1.41. The van der Waals surface area contributed by atoms with Crippen LogP contribution in [-0.2, 0) is 19.0 Å². The minimum atomic E-state index is -0.279. The topological polar surface area (TPSA) is 51.4 Å². The fourth-order valence-corrected chi connectivity index (χ4v) is 0.616. The van der Waals surface area contributed by atoms with E-state index in [4.69, 9.17) is 14.2 Å². The van der Waals surface area contributed by atoms with Gasteiger partial charge in [0.1, 0.15) is 12.7 Å². The van der Waals surface area contributed by atoms with Gasteiger partial charge in [0.2, 0.25) is 0 Å². The smallest absolute Gasteiger partial charge is 0.337 e. The van der Waals surface area contributed by atoms with Crippen molar-refractivity contribution in [2.24, 2.45) is 0 Å². The van der Waals surface area contributed by atoms with Crippen LogP contribution in [0.4, 0.5) is 0 Å². The number of hydrogen-bond donors (Lipinski definition) is 0. The standard InChI is InChI=1S/C6H8O4/c7-6(5-3-9-5)10-2-4-1-8-4/h4-5H,1-3H2. The lowest BCUT2D eigenvalue weighted by Crippen LogP contribution is -2.14.